The van der Waals surface area contributed by atoms with Gasteiger partial charge >= 0.3 is 6.18 Å². The van der Waals surface area contributed by atoms with Gasteiger partial charge in [-0.15, -0.1) is 0 Å². The molecule has 0 unspecified atom stereocenters. The molecular weight excluding hydrogens is 531 g/mol. The Morgan fingerprint density at radius 1 is 1.26 bits per heavy atom. The molecule has 2 aromatic carbocycles. The number of rotatable bonds is 7. The third-order valence-electron chi connectivity index (χ3n) is 6.23. The minimum Gasteiger partial charge on any atom is -0.487 e. The van der Waals surface area contributed by atoms with Crippen molar-refractivity contribution in [3.8, 4) is 23.2 Å². The molecule has 0 spiro atoms. The molecule has 2 heterocycles. The predicted molar refractivity (Wildman–Crippen MR) is 141 cm³/mol. The van der Waals surface area contributed by atoms with E-state index in [1.807, 2.05) is 25.1 Å². The van der Waals surface area contributed by atoms with Crippen LogP contribution in [0.15, 0.2) is 42.6 Å². The van der Waals surface area contributed by atoms with Crippen molar-refractivity contribution in [3.63, 3.8) is 0 Å². The van der Waals surface area contributed by atoms with Crippen LogP contribution in [0.2, 0.25) is 5.02 Å². The maximum absolute atomic E-state index is 12.7. The molecule has 0 bridgehead atoms. The summed E-state index contributed by atoms with van der Waals surface area (Å²) in [5.74, 6) is -0.0652. The highest BCUT2D eigenvalue weighted by Crippen LogP contribution is 2.35. The molecule has 4 rings (SSSR count). The quantitative estimate of drug-likeness (QED) is 0.281. The number of aromatic nitrogens is 3. The molecule has 0 aliphatic rings. The topological polar surface area (TPSA) is 92.8 Å². The standard InChI is InChI=1S/C28H25ClF3N5O2/c1-15-8-20(17(3)36-25(38)11-28(30,31)32)22(23(29)9-15)14-39-24-7-5-6-19-21(10-16(2)35-26(19)24)27-34-13-18(12-33)37(27)4/h5-10,13,17H,11,14H2,1-4H3,(H,36,38)/t17-/m0/s1. The van der Waals surface area contributed by atoms with Gasteiger partial charge in [-0.1, -0.05) is 29.8 Å². The molecule has 1 atom stereocenters. The number of ether oxygens (including phenoxy) is 1. The molecule has 0 saturated carbocycles. The lowest BCUT2D eigenvalue weighted by Gasteiger charge is -2.21. The lowest BCUT2D eigenvalue weighted by molar-refractivity contribution is -0.154. The van der Waals surface area contributed by atoms with Crippen LogP contribution >= 0.6 is 11.6 Å². The van der Waals surface area contributed by atoms with Gasteiger partial charge in [0, 0.05) is 34.3 Å². The maximum Gasteiger partial charge on any atom is 0.397 e. The van der Waals surface area contributed by atoms with Crippen LogP contribution in [0.3, 0.4) is 0 Å². The molecule has 1 amide bonds. The zero-order valence-corrected chi connectivity index (χ0v) is 22.4. The summed E-state index contributed by atoms with van der Waals surface area (Å²) in [6.45, 7) is 5.23. The van der Waals surface area contributed by atoms with Crippen molar-refractivity contribution in [3.05, 3.63) is 75.7 Å². The van der Waals surface area contributed by atoms with E-state index in [-0.39, 0.29) is 6.61 Å². The SMILES string of the molecule is Cc1cc(Cl)c(COc2cccc3c(-c4ncc(C#N)n4C)cc(C)nc23)c([C@H](C)NC(=O)CC(F)(F)F)c1. The number of hydrogen-bond acceptors (Lipinski definition) is 5. The van der Waals surface area contributed by atoms with Gasteiger partial charge in [-0.3, -0.25) is 4.79 Å². The number of nitriles is 1. The van der Waals surface area contributed by atoms with Gasteiger partial charge in [0.1, 0.15) is 41.9 Å². The van der Waals surface area contributed by atoms with Gasteiger partial charge in [0.05, 0.1) is 12.2 Å². The molecule has 39 heavy (non-hydrogen) atoms. The number of carbonyl (C=O) groups excluding carboxylic acids is 1. The molecule has 0 aliphatic carbocycles. The van der Waals surface area contributed by atoms with Crippen molar-refractivity contribution in [2.24, 2.45) is 7.05 Å². The molecule has 0 aliphatic heterocycles. The first-order valence-corrected chi connectivity index (χ1v) is 12.4. The highest BCUT2D eigenvalue weighted by Gasteiger charge is 2.32. The van der Waals surface area contributed by atoms with Crippen molar-refractivity contribution in [2.45, 2.75) is 46.0 Å². The molecule has 2 aromatic heterocycles. The summed E-state index contributed by atoms with van der Waals surface area (Å²) in [4.78, 5) is 21.0. The Kier molecular flexibility index (Phi) is 7.84. The van der Waals surface area contributed by atoms with E-state index in [0.29, 0.717) is 44.6 Å². The normalized spacial score (nSPS) is 12.3. The van der Waals surface area contributed by atoms with Crippen LogP contribution < -0.4 is 10.1 Å². The van der Waals surface area contributed by atoms with Crippen LogP contribution in [0.1, 0.15) is 47.5 Å². The van der Waals surface area contributed by atoms with Gasteiger partial charge in [-0.25, -0.2) is 9.97 Å². The minimum atomic E-state index is -4.61. The fourth-order valence-corrected chi connectivity index (χ4v) is 4.79. The Bertz CT molecular complexity index is 1610. The Morgan fingerprint density at radius 3 is 2.67 bits per heavy atom. The highest BCUT2D eigenvalue weighted by atomic mass is 35.5. The van der Waals surface area contributed by atoms with E-state index in [2.05, 4.69) is 21.4 Å². The van der Waals surface area contributed by atoms with E-state index >= 15 is 0 Å². The zero-order valence-electron chi connectivity index (χ0n) is 21.7. The third kappa shape index (κ3) is 6.15. The van der Waals surface area contributed by atoms with Crippen molar-refractivity contribution < 1.29 is 22.7 Å². The van der Waals surface area contributed by atoms with Crippen LogP contribution in [0.4, 0.5) is 13.2 Å². The summed E-state index contributed by atoms with van der Waals surface area (Å²) in [6, 6.07) is 12.2. The molecule has 0 radical (unpaired) electrons. The van der Waals surface area contributed by atoms with E-state index in [1.165, 1.54) is 6.20 Å². The Balaban J connectivity index is 1.69. The van der Waals surface area contributed by atoms with Crippen LogP contribution in [-0.4, -0.2) is 26.6 Å². The van der Waals surface area contributed by atoms with Crippen LogP contribution in [-0.2, 0) is 18.4 Å². The maximum atomic E-state index is 12.7. The number of aryl methyl sites for hydroxylation is 2. The average Bonchev–Trinajstić information content (AvgIpc) is 3.21. The summed E-state index contributed by atoms with van der Waals surface area (Å²) < 4.78 is 45.9. The zero-order chi connectivity index (χ0) is 28.5. The van der Waals surface area contributed by atoms with Gasteiger partial charge < -0.3 is 14.6 Å². The van der Waals surface area contributed by atoms with Crippen molar-refractivity contribution >= 4 is 28.4 Å². The fourth-order valence-electron chi connectivity index (χ4n) is 4.46. The van der Waals surface area contributed by atoms with Crippen molar-refractivity contribution in [1.82, 2.24) is 19.9 Å². The Morgan fingerprint density at radius 2 is 2.00 bits per heavy atom. The van der Waals surface area contributed by atoms with Gasteiger partial charge in [0.25, 0.3) is 0 Å². The van der Waals surface area contributed by atoms with Crippen molar-refractivity contribution in [1.29, 1.82) is 5.26 Å². The summed E-state index contributed by atoms with van der Waals surface area (Å²) in [7, 11) is 1.76. The molecule has 7 nitrogen and oxygen atoms in total. The summed E-state index contributed by atoms with van der Waals surface area (Å²) in [6.07, 6.45) is -4.67. The van der Waals surface area contributed by atoms with Crippen LogP contribution in [0.25, 0.3) is 22.3 Å². The second-order valence-corrected chi connectivity index (χ2v) is 9.69. The monoisotopic (exact) mass is 555 g/mol. The molecule has 11 heteroatoms. The van der Waals surface area contributed by atoms with Gasteiger partial charge in [-0.05, 0) is 50.1 Å². The molecule has 4 aromatic rings. The lowest BCUT2D eigenvalue weighted by atomic mass is 9.99. The summed E-state index contributed by atoms with van der Waals surface area (Å²) >= 11 is 6.54. The number of pyridine rings is 1. The molecule has 202 valence electrons. The number of hydrogen-bond donors (Lipinski definition) is 1. The first kappa shape index (κ1) is 27.9. The number of alkyl halides is 3. The Hall–Kier alpha value is -4.10. The number of fused-ring (bicyclic) bond motifs is 1. The van der Waals surface area contributed by atoms with E-state index in [0.717, 1.165) is 16.5 Å². The third-order valence-corrected chi connectivity index (χ3v) is 6.56. The predicted octanol–water partition coefficient (Wildman–Crippen LogP) is 6.49. The highest BCUT2D eigenvalue weighted by molar-refractivity contribution is 6.31. The average molecular weight is 556 g/mol. The second kappa shape index (κ2) is 10.9. The number of para-hydroxylation sites is 1. The van der Waals surface area contributed by atoms with Gasteiger partial charge in [0.15, 0.2) is 0 Å². The number of carbonyl (C=O) groups is 1. The molecule has 0 fully saturated rings. The molecule has 0 saturated heterocycles. The van der Waals surface area contributed by atoms with E-state index in [1.54, 1.807) is 43.7 Å². The minimum absolute atomic E-state index is 0.0149. The van der Waals surface area contributed by atoms with E-state index < -0.39 is 24.5 Å². The number of nitrogens with one attached hydrogen (secondary N) is 1. The summed E-state index contributed by atoms with van der Waals surface area (Å²) in [5.41, 5.74) is 4.36. The molecule has 1 N–H and O–H groups in total. The first-order valence-electron chi connectivity index (χ1n) is 12.0. The van der Waals surface area contributed by atoms with E-state index in [9.17, 15) is 23.2 Å². The Labute approximate surface area is 228 Å². The second-order valence-electron chi connectivity index (χ2n) is 9.29. The van der Waals surface area contributed by atoms with Gasteiger partial charge in [0.2, 0.25) is 5.91 Å². The lowest BCUT2D eigenvalue weighted by Crippen LogP contribution is -2.31. The summed E-state index contributed by atoms with van der Waals surface area (Å²) in [5, 5.41) is 12.9. The van der Waals surface area contributed by atoms with Crippen LogP contribution in [0, 0.1) is 25.2 Å². The van der Waals surface area contributed by atoms with Crippen molar-refractivity contribution in [2.75, 3.05) is 0 Å². The largest absolute Gasteiger partial charge is 0.487 e. The van der Waals surface area contributed by atoms with Gasteiger partial charge in [-0.2, -0.15) is 18.4 Å². The number of benzene rings is 2. The van der Waals surface area contributed by atoms with Crippen LogP contribution in [0.5, 0.6) is 5.75 Å². The molecular formula is C28H25ClF3N5O2. The smallest absolute Gasteiger partial charge is 0.397 e. The number of imidazole rings is 1. The number of halogens is 4. The fraction of sp³-hybridized carbons (Fsp3) is 0.286. The number of nitrogens with zero attached hydrogens (tertiary/aromatic N) is 4. The number of amides is 1. The van der Waals surface area contributed by atoms with E-state index in [4.69, 9.17) is 16.3 Å². The first-order chi connectivity index (χ1) is 18.4.